The maximum Gasteiger partial charge on any atom is 0.273 e. The number of thiophene rings is 1. The smallest absolute Gasteiger partial charge is 0.273 e. The Kier molecular flexibility index (Phi) is 5.50. The van der Waals surface area contributed by atoms with E-state index in [0.29, 0.717) is 38.3 Å². The number of thiazole rings is 1. The third-order valence-electron chi connectivity index (χ3n) is 4.67. The highest BCUT2D eigenvalue weighted by molar-refractivity contribution is 7.14. The van der Waals surface area contributed by atoms with E-state index in [-0.39, 0.29) is 17.4 Å². The van der Waals surface area contributed by atoms with Crippen molar-refractivity contribution in [2.24, 2.45) is 0 Å². The van der Waals surface area contributed by atoms with Gasteiger partial charge in [0.15, 0.2) is 0 Å². The minimum atomic E-state index is -0.520. The molecule has 2 amide bonds. The third-order valence-corrected chi connectivity index (χ3v) is 6.24. The fourth-order valence-corrected chi connectivity index (χ4v) is 4.69. The molecule has 5 nitrogen and oxygen atoms in total. The first kappa shape index (κ1) is 18.8. The molecular weight excluding hydrogens is 397 g/mol. The van der Waals surface area contributed by atoms with E-state index in [1.165, 1.54) is 23.5 Å². The Morgan fingerprint density at radius 1 is 0.964 bits per heavy atom. The summed E-state index contributed by atoms with van der Waals surface area (Å²) in [5.41, 5.74) is 1.52. The molecule has 1 fully saturated rings. The van der Waals surface area contributed by atoms with Gasteiger partial charge in [0, 0.05) is 42.5 Å². The van der Waals surface area contributed by atoms with Gasteiger partial charge in [-0.2, -0.15) is 11.3 Å². The first-order chi connectivity index (χ1) is 13.6. The molecule has 1 saturated heterocycles. The predicted octanol–water partition coefficient (Wildman–Crippen LogP) is 4.00. The van der Waals surface area contributed by atoms with Crippen LogP contribution in [0.3, 0.4) is 0 Å². The normalized spacial score (nSPS) is 14.8. The molecule has 0 unspecified atom stereocenters. The molecule has 0 aliphatic carbocycles. The number of amides is 2. The molecule has 0 bridgehead atoms. The van der Waals surface area contributed by atoms with E-state index >= 15 is 0 Å². The molecule has 3 heterocycles. The number of benzene rings is 1. The van der Waals surface area contributed by atoms with E-state index in [0.717, 1.165) is 10.6 Å². The highest BCUT2D eigenvalue weighted by atomic mass is 32.1. The van der Waals surface area contributed by atoms with Crippen LogP contribution in [0.5, 0.6) is 0 Å². The fraction of sp³-hybridized carbons (Fsp3) is 0.250. The summed E-state index contributed by atoms with van der Waals surface area (Å²) in [6.45, 7) is 1.82. The Hall–Kier alpha value is -2.58. The SMILES string of the molecule is O=C(c1csc(-c2ccsc2)n1)N1CCCN(C(=O)c2ccccc2F)CC1. The van der Waals surface area contributed by atoms with Crippen LogP contribution in [0.1, 0.15) is 27.3 Å². The zero-order valence-electron chi connectivity index (χ0n) is 15.0. The van der Waals surface area contributed by atoms with Crippen molar-refractivity contribution in [1.29, 1.82) is 0 Å². The quantitative estimate of drug-likeness (QED) is 0.650. The number of rotatable bonds is 3. The predicted molar refractivity (Wildman–Crippen MR) is 108 cm³/mol. The molecular formula is C20H18FN3O2S2. The van der Waals surface area contributed by atoms with Crippen LogP contribution in [0.2, 0.25) is 0 Å². The monoisotopic (exact) mass is 415 g/mol. The molecule has 0 atom stereocenters. The van der Waals surface area contributed by atoms with Crippen LogP contribution in [0.25, 0.3) is 10.6 Å². The minimum absolute atomic E-state index is 0.0715. The van der Waals surface area contributed by atoms with Gasteiger partial charge in [0.1, 0.15) is 16.5 Å². The van der Waals surface area contributed by atoms with Crippen molar-refractivity contribution in [2.75, 3.05) is 26.2 Å². The molecule has 0 radical (unpaired) electrons. The number of hydrogen-bond acceptors (Lipinski definition) is 5. The van der Waals surface area contributed by atoms with E-state index in [9.17, 15) is 14.0 Å². The van der Waals surface area contributed by atoms with Crippen molar-refractivity contribution in [3.05, 3.63) is 63.5 Å². The molecule has 0 saturated carbocycles. The van der Waals surface area contributed by atoms with Crippen molar-refractivity contribution in [1.82, 2.24) is 14.8 Å². The summed E-state index contributed by atoms with van der Waals surface area (Å²) in [4.78, 5) is 33.3. The zero-order chi connectivity index (χ0) is 19.5. The van der Waals surface area contributed by atoms with Crippen LogP contribution >= 0.6 is 22.7 Å². The third kappa shape index (κ3) is 3.83. The maximum atomic E-state index is 13.9. The molecule has 0 N–H and O–H groups in total. The van der Waals surface area contributed by atoms with Gasteiger partial charge in [-0.15, -0.1) is 11.3 Å². The van der Waals surface area contributed by atoms with Gasteiger partial charge in [-0.1, -0.05) is 12.1 Å². The molecule has 2 aromatic heterocycles. The summed E-state index contributed by atoms with van der Waals surface area (Å²) >= 11 is 3.04. The van der Waals surface area contributed by atoms with Gasteiger partial charge in [0.25, 0.3) is 11.8 Å². The van der Waals surface area contributed by atoms with Crippen LogP contribution in [0.4, 0.5) is 4.39 Å². The average molecular weight is 416 g/mol. The number of carbonyl (C=O) groups excluding carboxylic acids is 2. The lowest BCUT2D eigenvalue weighted by Crippen LogP contribution is -2.37. The van der Waals surface area contributed by atoms with Crippen LogP contribution in [-0.2, 0) is 0 Å². The second kappa shape index (κ2) is 8.20. The largest absolute Gasteiger partial charge is 0.337 e. The second-order valence-corrected chi connectivity index (χ2v) is 8.11. The maximum absolute atomic E-state index is 13.9. The van der Waals surface area contributed by atoms with Crippen LogP contribution in [0.15, 0.2) is 46.5 Å². The van der Waals surface area contributed by atoms with Gasteiger partial charge in [-0.05, 0) is 30.0 Å². The summed E-state index contributed by atoms with van der Waals surface area (Å²) in [6, 6.07) is 7.97. The van der Waals surface area contributed by atoms with E-state index in [4.69, 9.17) is 0 Å². The summed E-state index contributed by atoms with van der Waals surface area (Å²) in [5, 5.41) is 6.60. The minimum Gasteiger partial charge on any atom is -0.337 e. The first-order valence-electron chi connectivity index (χ1n) is 8.94. The fourth-order valence-electron chi connectivity index (χ4n) is 3.18. The number of hydrogen-bond donors (Lipinski definition) is 0. The Bertz CT molecular complexity index is 987. The first-order valence-corrected chi connectivity index (χ1v) is 10.8. The van der Waals surface area contributed by atoms with Crippen molar-refractivity contribution in [3.63, 3.8) is 0 Å². The molecule has 28 heavy (non-hydrogen) atoms. The van der Waals surface area contributed by atoms with Gasteiger partial charge >= 0.3 is 0 Å². The molecule has 0 spiro atoms. The van der Waals surface area contributed by atoms with Crippen LogP contribution in [0, 0.1) is 5.82 Å². The molecule has 1 aliphatic heterocycles. The average Bonchev–Trinajstić information content (AvgIpc) is 3.35. The Labute approximate surface area is 170 Å². The van der Waals surface area contributed by atoms with E-state index in [2.05, 4.69) is 4.98 Å². The lowest BCUT2D eigenvalue weighted by atomic mass is 10.2. The molecule has 4 rings (SSSR count). The van der Waals surface area contributed by atoms with Gasteiger partial charge < -0.3 is 9.80 Å². The molecule has 8 heteroatoms. The van der Waals surface area contributed by atoms with Gasteiger partial charge in [0.05, 0.1) is 5.56 Å². The molecule has 144 valence electrons. The molecule has 1 aliphatic rings. The van der Waals surface area contributed by atoms with Gasteiger partial charge in [-0.25, -0.2) is 9.37 Å². The van der Waals surface area contributed by atoms with E-state index < -0.39 is 5.82 Å². The summed E-state index contributed by atoms with van der Waals surface area (Å²) in [7, 11) is 0. The van der Waals surface area contributed by atoms with Gasteiger partial charge in [0.2, 0.25) is 0 Å². The van der Waals surface area contributed by atoms with Crippen LogP contribution in [-0.4, -0.2) is 52.8 Å². The topological polar surface area (TPSA) is 53.5 Å². The Balaban J connectivity index is 1.43. The lowest BCUT2D eigenvalue weighted by Gasteiger charge is -2.22. The number of halogens is 1. The molecule has 3 aromatic rings. The molecule has 1 aromatic carbocycles. The highest BCUT2D eigenvalue weighted by Gasteiger charge is 2.26. The standard InChI is InChI=1S/C20H18FN3O2S2/c21-16-5-2-1-4-15(16)19(25)23-7-3-8-24(10-9-23)20(26)17-13-28-18(22-17)14-6-11-27-12-14/h1-2,4-6,11-13H,3,7-10H2. The summed E-state index contributed by atoms with van der Waals surface area (Å²) in [5.74, 6) is -0.980. The zero-order valence-corrected chi connectivity index (χ0v) is 16.6. The van der Waals surface area contributed by atoms with Crippen molar-refractivity contribution in [2.45, 2.75) is 6.42 Å². The van der Waals surface area contributed by atoms with Crippen molar-refractivity contribution in [3.8, 4) is 10.6 Å². The number of nitrogens with zero attached hydrogens (tertiary/aromatic N) is 3. The second-order valence-electron chi connectivity index (χ2n) is 6.47. The van der Waals surface area contributed by atoms with Crippen LogP contribution < -0.4 is 0 Å². The highest BCUT2D eigenvalue weighted by Crippen LogP contribution is 2.26. The Morgan fingerprint density at radius 3 is 2.43 bits per heavy atom. The lowest BCUT2D eigenvalue weighted by molar-refractivity contribution is 0.0713. The van der Waals surface area contributed by atoms with Gasteiger partial charge in [-0.3, -0.25) is 9.59 Å². The Morgan fingerprint density at radius 2 is 1.71 bits per heavy atom. The number of aromatic nitrogens is 1. The number of carbonyl (C=O) groups is 2. The van der Waals surface area contributed by atoms with Crippen molar-refractivity contribution < 1.29 is 14.0 Å². The van der Waals surface area contributed by atoms with E-state index in [1.807, 2.05) is 16.8 Å². The van der Waals surface area contributed by atoms with E-state index in [1.54, 1.807) is 38.6 Å². The summed E-state index contributed by atoms with van der Waals surface area (Å²) in [6.07, 6.45) is 0.646. The summed E-state index contributed by atoms with van der Waals surface area (Å²) < 4.78 is 13.9. The van der Waals surface area contributed by atoms with Crippen molar-refractivity contribution >= 4 is 34.5 Å².